The van der Waals surface area contributed by atoms with Crippen LogP contribution in [-0.4, -0.2) is 68.0 Å². The standard InChI is InChI=1S/C18H26N6O/c1-11-17(12(2)22(4)19-11)14-8-15(23(5)20-14)18(25)24-9-13-6-7-21(3)16(13)10-24/h8,13,16H,6-7,9-10H2,1-5H3/t13-,16+/m0/s1. The first-order valence-electron chi connectivity index (χ1n) is 8.91. The van der Waals surface area contributed by atoms with Crippen molar-refractivity contribution in [3.63, 3.8) is 0 Å². The molecule has 0 saturated carbocycles. The molecule has 4 rings (SSSR count). The molecule has 4 heterocycles. The lowest BCUT2D eigenvalue weighted by atomic mass is 10.1. The van der Waals surface area contributed by atoms with Crippen LogP contribution in [-0.2, 0) is 14.1 Å². The van der Waals surface area contributed by atoms with Gasteiger partial charge in [0.2, 0.25) is 0 Å². The summed E-state index contributed by atoms with van der Waals surface area (Å²) in [6.07, 6.45) is 1.19. The van der Waals surface area contributed by atoms with Crippen LogP contribution in [0.3, 0.4) is 0 Å². The van der Waals surface area contributed by atoms with Crippen molar-refractivity contribution < 1.29 is 4.79 Å². The van der Waals surface area contributed by atoms with Gasteiger partial charge in [-0.3, -0.25) is 14.2 Å². The van der Waals surface area contributed by atoms with Gasteiger partial charge in [-0.25, -0.2) is 0 Å². The van der Waals surface area contributed by atoms with Crippen LogP contribution in [0.25, 0.3) is 11.3 Å². The molecule has 2 fully saturated rings. The van der Waals surface area contributed by atoms with Crippen LogP contribution in [0, 0.1) is 19.8 Å². The molecule has 0 radical (unpaired) electrons. The molecule has 7 nitrogen and oxygen atoms in total. The van der Waals surface area contributed by atoms with Crippen molar-refractivity contribution in [3.05, 3.63) is 23.1 Å². The molecule has 2 aromatic rings. The summed E-state index contributed by atoms with van der Waals surface area (Å²) < 4.78 is 3.57. The van der Waals surface area contributed by atoms with Gasteiger partial charge < -0.3 is 9.80 Å². The number of hydrogen-bond acceptors (Lipinski definition) is 4. The van der Waals surface area contributed by atoms with Gasteiger partial charge in [-0.2, -0.15) is 10.2 Å². The number of hydrogen-bond donors (Lipinski definition) is 0. The summed E-state index contributed by atoms with van der Waals surface area (Å²) in [4.78, 5) is 17.4. The van der Waals surface area contributed by atoms with Gasteiger partial charge in [0, 0.05) is 44.5 Å². The fourth-order valence-electron chi connectivity index (χ4n) is 4.43. The normalized spacial score (nSPS) is 23.5. The highest BCUT2D eigenvalue weighted by Gasteiger charge is 2.41. The number of aryl methyl sites for hydroxylation is 3. The summed E-state index contributed by atoms with van der Waals surface area (Å²) in [5, 5.41) is 9.06. The highest BCUT2D eigenvalue weighted by atomic mass is 16.2. The predicted octanol–water partition coefficient (Wildman–Crippen LogP) is 1.21. The third-order valence-electron chi connectivity index (χ3n) is 5.98. The summed E-state index contributed by atoms with van der Waals surface area (Å²) >= 11 is 0. The van der Waals surface area contributed by atoms with Gasteiger partial charge in [0.25, 0.3) is 5.91 Å². The van der Waals surface area contributed by atoms with Crippen molar-refractivity contribution >= 4 is 5.91 Å². The minimum Gasteiger partial charge on any atom is -0.335 e. The third kappa shape index (κ3) is 2.49. The lowest BCUT2D eigenvalue weighted by Gasteiger charge is -2.20. The third-order valence-corrected chi connectivity index (χ3v) is 5.98. The summed E-state index contributed by atoms with van der Waals surface area (Å²) in [5.74, 6) is 0.702. The van der Waals surface area contributed by atoms with E-state index < -0.39 is 0 Å². The molecule has 2 aliphatic heterocycles. The largest absolute Gasteiger partial charge is 0.335 e. The summed E-state index contributed by atoms with van der Waals surface area (Å²) in [7, 11) is 5.94. The fraction of sp³-hybridized carbons (Fsp3) is 0.611. The summed E-state index contributed by atoms with van der Waals surface area (Å²) in [5.41, 5.74) is 4.50. The molecular weight excluding hydrogens is 316 g/mol. The molecule has 2 aromatic heterocycles. The monoisotopic (exact) mass is 342 g/mol. The Hall–Kier alpha value is -2.15. The molecular formula is C18H26N6O. The van der Waals surface area contributed by atoms with E-state index in [9.17, 15) is 4.79 Å². The Morgan fingerprint density at radius 2 is 1.88 bits per heavy atom. The number of carbonyl (C=O) groups excluding carboxylic acids is 1. The predicted molar refractivity (Wildman–Crippen MR) is 95.3 cm³/mol. The van der Waals surface area contributed by atoms with E-state index >= 15 is 0 Å². The molecule has 7 heteroatoms. The van der Waals surface area contributed by atoms with E-state index in [1.54, 1.807) is 4.68 Å². The van der Waals surface area contributed by atoms with Crippen molar-refractivity contribution in [2.75, 3.05) is 26.7 Å². The zero-order valence-corrected chi connectivity index (χ0v) is 15.7. The SMILES string of the molecule is Cc1nn(C)c(C)c1-c1cc(C(=O)N2C[C@@H]3CCN(C)[C@@H]3C2)n(C)n1. The molecule has 2 atom stereocenters. The maximum atomic E-state index is 13.1. The van der Waals surface area contributed by atoms with Gasteiger partial charge in [0.05, 0.1) is 11.4 Å². The molecule has 2 aliphatic rings. The second kappa shape index (κ2) is 5.69. The van der Waals surface area contributed by atoms with Crippen LogP contribution < -0.4 is 0 Å². The maximum Gasteiger partial charge on any atom is 0.272 e. The van der Waals surface area contributed by atoms with Crippen molar-refractivity contribution in [3.8, 4) is 11.3 Å². The topological polar surface area (TPSA) is 59.2 Å². The molecule has 0 aliphatic carbocycles. The van der Waals surface area contributed by atoms with Gasteiger partial charge in [-0.15, -0.1) is 0 Å². The number of likely N-dealkylation sites (N-methyl/N-ethyl adjacent to an activating group) is 1. The summed E-state index contributed by atoms with van der Waals surface area (Å²) in [6, 6.07) is 2.43. The minimum absolute atomic E-state index is 0.0863. The quantitative estimate of drug-likeness (QED) is 0.823. The molecule has 0 unspecified atom stereocenters. The van der Waals surface area contributed by atoms with Crippen LogP contribution in [0.4, 0.5) is 0 Å². The second-order valence-electron chi connectivity index (χ2n) is 7.51. The maximum absolute atomic E-state index is 13.1. The zero-order chi connectivity index (χ0) is 17.9. The second-order valence-corrected chi connectivity index (χ2v) is 7.51. The molecule has 0 spiro atoms. The molecule has 0 aromatic carbocycles. The van der Waals surface area contributed by atoms with Crippen molar-refractivity contribution in [2.24, 2.45) is 20.0 Å². The molecule has 25 heavy (non-hydrogen) atoms. The Morgan fingerprint density at radius 3 is 2.52 bits per heavy atom. The van der Waals surface area contributed by atoms with E-state index in [0.717, 1.165) is 42.3 Å². The van der Waals surface area contributed by atoms with Crippen molar-refractivity contribution in [2.45, 2.75) is 26.3 Å². The van der Waals surface area contributed by atoms with Crippen LogP contribution in [0.2, 0.25) is 0 Å². The number of aromatic nitrogens is 4. The number of likely N-dealkylation sites (tertiary alicyclic amines) is 2. The highest BCUT2D eigenvalue weighted by Crippen LogP contribution is 2.32. The Morgan fingerprint density at radius 1 is 1.12 bits per heavy atom. The molecule has 1 amide bonds. The number of nitrogens with zero attached hydrogens (tertiary/aromatic N) is 6. The van der Waals surface area contributed by atoms with Crippen LogP contribution in [0.15, 0.2) is 6.07 Å². The first-order valence-corrected chi connectivity index (χ1v) is 8.91. The highest BCUT2D eigenvalue weighted by molar-refractivity contribution is 5.94. The van der Waals surface area contributed by atoms with Crippen molar-refractivity contribution in [1.82, 2.24) is 29.4 Å². The van der Waals surface area contributed by atoms with E-state index in [0.29, 0.717) is 17.7 Å². The Kier molecular flexibility index (Phi) is 3.72. The lowest BCUT2D eigenvalue weighted by molar-refractivity contribution is 0.0763. The Balaban J connectivity index is 1.62. The van der Waals surface area contributed by atoms with Gasteiger partial charge in [-0.1, -0.05) is 0 Å². The van der Waals surface area contributed by atoms with Crippen LogP contribution in [0.1, 0.15) is 28.3 Å². The number of amides is 1. The molecule has 134 valence electrons. The van der Waals surface area contributed by atoms with Gasteiger partial charge in [-0.05, 0) is 45.8 Å². The van der Waals surface area contributed by atoms with E-state index in [1.807, 2.05) is 43.6 Å². The van der Waals surface area contributed by atoms with Crippen LogP contribution >= 0.6 is 0 Å². The average Bonchev–Trinajstić information content (AvgIpc) is 3.27. The van der Waals surface area contributed by atoms with E-state index in [1.165, 1.54) is 6.42 Å². The zero-order valence-electron chi connectivity index (χ0n) is 15.7. The van der Waals surface area contributed by atoms with E-state index in [2.05, 4.69) is 22.1 Å². The van der Waals surface area contributed by atoms with Gasteiger partial charge >= 0.3 is 0 Å². The van der Waals surface area contributed by atoms with E-state index in [-0.39, 0.29) is 5.91 Å². The molecule has 0 N–H and O–H groups in total. The van der Waals surface area contributed by atoms with Gasteiger partial charge in [0.15, 0.2) is 0 Å². The van der Waals surface area contributed by atoms with Crippen LogP contribution in [0.5, 0.6) is 0 Å². The molecule has 0 bridgehead atoms. The minimum atomic E-state index is 0.0863. The number of rotatable bonds is 2. The van der Waals surface area contributed by atoms with E-state index in [4.69, 9.17) is 0 Å². The first-order chi connectivity index (χ1) is 11.9. The van der Waals surface area contributed by atoms with Gasteiger partial charge in [0.1, 0.15) is 5.69 Å². The van der Waals surface area contributed by atoms with Crippen molar-refractivity contribution in [1.29, 1.82) is 0 Å². The Bertz CT molecular complexity index is 835. The number of fused-ring (bicyclic) bond motifs is 1. The lowest BCUT2D eigenvalue weighted by Crippen LogP contribution is -2.35. The molecule has 2 saturated heterocycles. The fourth-order valence-corrected chi connectivity index (χ4v) is 4.43. The average molecular weight is 342 g/mol. The smallest absolute Gasteiger partial charge is 0.272 e. The first kappa shape index (κ1) is 16.3. The summed E-state index contributed by atoms with van der Waals surface area (Å²) in [6.45, 7) is 6.84. The number of carbonyl (C=O) groups is 1. The Labute approximate surface area is 148 Å².